The molecule has 0 spiro atoms. The fourth-order valence-corrected chi connectivity index (χ4v) is 6.15. The summed E-state index contributed by atoms with van der Waals surface area (Å²) in [4.78, 5) is 2.83. The monoisotopic (exact) mass is 374 g/mol. The van der Waals surface area contributed by atoms with Gasteiger partial charge in [0.15, 0.2) is 0 Å². The maximum Gasteiger partial charge on any atom is 0.0602 e. The lowest BCUT2D eigenvalue weighted by Gasteiger charge is -2.32. The van der Waals surface area contributed by atoms with Crippen molar-refractivity contribution in [3.8, 4) is 0 Å². The zero-order valence-electron chi connectivity index (χ0n) is 18.7. The van der Waals surface area contributed by atoms with Gasteiger partial charge in [0.2, 0.25) is 0 Å². The summed E-state index contributed by atoms with van der Waals surface area (Å²) in [6, 6.07) is 1.33. The molecule has 0 amide bonds. The predicted octanol–water partition coefficient (Wildman–Crippen LogP) is 6.52. The molecular formula is C25H46N2. The molecule has 2 heteroatoms. The predicted molar refractivity (Wildman–Crippen MR) is 118 cm³/mol. The summed E-state index contributed by atoms with van der Waals surface area (Å²) in [7, 11) is 0. The Morgan fingerprint density at radius 1 is 1.04 bits per heavy atom. The van der Waals surface area contributed by atoms with Gasteiger partial charge in [0.25, 0.3) is 0 Å². The van der Waals surface area contributed by atoms with E-state index in [0.717, 1.165) is 17.8 Å². The highest BCUT2D eigenvalue weighted by Gasteiger charge is 2.36. The van der Waals surface area contributed by atoms with E-state index in [1.54, 1.807) is 0 Å². The zero-order valence-corrected chi connectivity index (χ0v) is 18.7. The molecule has 6 unspecified atom stereocenters. The molecule has 0 aromatic rings. The van der Waals surface area contributed by atoms with E-state index >= 15 is 0 Å². The Morgan fingerprint density at radius 3 is 2.67 bits per heavy atom. The van der Waals surface area contributed by atoms with E-state index in [2.05, 4.69) is 44.0 Å². The van der Waals surface area contributed by atoms with Gasteiger partial charge in [-0.2, -0.15) is 0 Å². The summed E-state index contributed by atoms with van der Waals surface area (Å²) in [5, 5.41) is 3.88. The highest BCUT2D eigenvalue weighted by Crippen LogP contribution is 2.40. The zero-order chi connectivity index (χ0) is 19.2. The van der Waals surface area contributed by atoms with Gasteiger partial charge in [0.1, 0.15) is 0 Å². The van der Waals surface area contributed by atoms with Crippen molar-refractivity contribution in [2.24, 2.45) is 17.8 Å². The second-order valence-electron chi connectivity index (χ2n) is 9.86. The van der Waals surface area contributed by atoms with Crippen LogP contribution in [0.1, 0.15) is 105 Å². The van der Waals surface area contributed by atoms with Crippen molar-refractivity contribution in [2.45, 2.75) is 123 Å². The Labute approximate surface area is 169 Å². The Morgan fingerprint density at radius 2 is 1.89 bits per heavy atom. The van der Waals surface area contributed by atoms with Gasteiger partial charge in [-0.25, -0.2) is 0 Å². The van der Waals surface area contributed by atoms with Crippen molar-refractivity contribution in [1.29, 1.82) is 0 Å². The molecule has 1 aliphatic heterocycles. The highest BCUT2D eigenvalue weighted by molar-refractivity contribution is 5.14. The van der Waals surface area contributed by atoms with Gasteiger partial charge in [-0.1, -0.05) is 44.8 Å². The third-order valence-corrected chi connectivity index (χ3v) is 8.06. The molecule has 0 radical (unpaired) electrons. The molecule has 3 aliphatic rings. The van der Waals surface area contributed by atoms with Crippen molar-refractivity contribution >= 4 is 0 Å². The second kappa shape index (κ2) is 10.4. The minimum atomic E-state index is 0.625. The van der Waals surface area contributed by atoms with Gasteiger partial charge in [-0.3, -0.25) is 10.2 Å². The van der Waals surface area contributed by atoms with Crippen LogP contribution in [0.4, 0.5) is 0 Å². The molecule has 1 heterocycles. The first-order valence-electron chi connectivity index (χ1n) is 12.4. The smallest absolute Gasteiger partial charge is 0.0602 e. The minimum Gasteiger partial charge on any atom is -0.298 e. The number of unbranched alkanes of at least 4 members (excludes halogenated alkanes) is 1. The van der Waals surface area contributed by atoms with Gasteiger partial charge in [0.05, 0.1) is 6.17 Å². The van der Waals surface area contributed by atoms with Crippen LogP contribution < -0.4 is 5.32 Å². The fraction of sp³-hybridized carbons (Fsp3) is 0.920. The molecule has 3 rings (SSSR count). The van der Waals surface area contributed by atoms with E-state index in [0.29, 0.717) is 18.2 Å². The van der Waals surface area contributed by atoms with E-state index in [1.807, 2.05) is 5.57 Å². The van der Waals surface area contributed by atoms with Crippen LogP contribution in [0.5, 0.6) is 0 Å². The molecule has 2 aliphatic carbocycles. The number of nitrogens with one attached hydrogen (secondary N) is 1. The Balaban J connectivity index is 1.56. The van der Waals surface area contributed by atoms with Crippen molar-refractivity contribution in [3.05, 3.63) is 11.6 Å². The number of hydrogen-bond donors (Lipinski definition) is 1. The largest absolute Gasteiger partial charge is 0.298 e. The molecule has 27 heavy (non-hydrogen) atoms. The van der Waals surface area contributed by atoms with Gasteiger partial charge in [-0.05, 0) is 89.4 Å². The number of allylic oxidation sites excluding steroid dienone is 2. The van der Waals surface area contributed by atoms with Crippen molar-refractivity contribution in [3.63, 3.8) is 0 Å². The first kappa shape index (κ1) is 21.4. The molecule has 0 aromatic heterocycles. The van der Waals surface area contributed by atoms with Crippen molar-refractivity contribution < 1.29 is 0 Å². The van der Waals surface area contributed by atoms with Crippen LogP contribution >= 0.6 is 0 Å². The lowest BCUT2D eigenvalue weighted by atomic mass is 9.76. The third kappa shape index (κ3) is 5.38. The molecule has 0 bridgehead atoms. The molecule has 2 nitrogen and oxygen atoms in total. The topological polar surface area (TPSA) is 15.3 Å². The maximum absolute atomic E-state index is 3.88. The second-order valence-corrected chi connectivity index (χ2v) is 9.86. The lowest BCUT2D eigenvalue weighted by molar-refractivity contribution is 0.147. The SMILES string of the molecule is CCCCC1NC(C)C(C)N1CC1CCCC(C2=CCCCC2CC)CC1. The van der Waals surface area contributed by atoms with Crippen LogP contribution in [0.3, 0.4) is 0 Å². The molecule has 156 valence electrons. The number of nitrogens with zero attached hydrogens (tertiary/aromatic N) is 1. The van der Waals surface area contributed by atoms with Crippen LogP contribution in [0, 0.1) is 17.8 Å². The van der Waals surface area contributed by atoms with Crippen LogP contribution in [-0.2, 0) is 0 Å². The lowest BCUT2D eigenvalue weighted by Crippen LogP contribution is -2.41. The highest BCUT2D eigenvalue weighted by atomic mass is 15.4. The maximum atomic E-state index is 3.88. The Hall–Kier alpha value is -0.340. The Bertz CT molecular complexity index is 471. The molecule has 1 saturated heterocycles. The molecule has 6 atom stereocenters. The third-order valence-electron chi connectivity index (χ3n) is 8.06. The van der Waals surface area contributed by atoms with Gasteiger partial charge >= 0.3 is 0 Å². The normalized spacial score (nSPS) is 38.6. The fourth-order valence-electron chi connectivity index (χ4n) is 6.15. The standard InChI is InChI=1S/C25H46N2/c1-5-7-15-25-26-19(3)20(4)27(25)18-21-11-10-13-23(17-16-21)24-14-9-8-12-22(24)6-2/h14,19-23,25-26H,5-13,15-18H2,1-4H3. The minimum absolute atomic E-state index is 0.625. The summed E-state index contributed by atoms with van der Waals surface area (Å²) in [6.45, 7) is 10.9. The molecule has 0 aromatic carbocycles. The molecule has 1 saturated carbocycles. The van der Waals surface area contributed by atoms with Crippen LogP contribution in [0.15, 0.2) is 11.6 Å². The van der Waals surface area contributed by atoms with Gasteiger partial charge in [-0.15, -0.1) is 0 Å². The van der Waals surface area contributed by atoms with E-state index in [1.165, 1.54) is 83.6 Å². The number of hydrogen-bond acceptors (Lipinski definition) is 2. The van der Waals surface area contributed by atoms with E-state index in [-0.39, 0.29) is 0 Å². The first-order chi connectivity index (χ1) is 13.1. The summed E-state index contributed by atoms with van der Waals surface area (Å²) in [5.74, 6) is 2.73. The average molecular weight is 375 g/mol. The summed E-state index contributed by atoms with van der Waals surface area (Å²) in [5.41, 5.74) is 1.87. The van der Waals surface area contributed by atoms with Crippen LogP contribution in [0.2, 0.25) is 0 Å². The van der Waals surface area contributed by atoms with Crippen LogP contribution in [0.25, 0.3) is 0 Å². The van der Waals surface area contributed by atoms with Crippen molar-refractivity contribution in [2.75, 3.05) is 6.54 Å². The Kier molecular flexibility index (Phi) is 8.26. The summed E-state index contributed by atoms with van der Waals surface area (Å²) < 4.78 is 0. The summed E-state index contributed by atoms with van der Waals surface area (Å²) in [6.07, 6.45) is 20.1. The molecular weight excluding hydrogens is 328 g/mol. The first-order valence-corrected chi connectivity index (χ1v) is 12.4. The quantitative estimate of drug-likeness (QED) is 0.403. The van der Waals surface area contributed by atoms with Crippen molar-refractivity contribution in [1.82, 2.24) is 10.2 Å². The van der Waals surface area contributed by atoms with Gasteiger partial charge in [0, 0.05) is 18.6 Å². The van der Waals surface area contributed by atoms with E-state index < -0.39 is 0 Å². The van der Waals surface area contributed by atoms with E-state index in [9.17, 15) is 0 Å². The van der Waals surface area contributed by atoms with E-state index in [4.69, 9.17) is 0 Å². The average Bonchev–Trinajstić information content (AvgIpc) is 2.85. The summed E-state index contributed by atoms with van der Waals surface area (Å²) >= 11 is 0. The molecule has 1 N–H and O–H groups in total. The van der Waals surface area contributed by atoms with Gasteiger partial charge < -0.3 is 0 Å². The van der Waals surface area contributed by atoms with Crippen LogP contribution in [-0.4, -0.2) is 29.7 Å². The number of rotatable bonds is 7. The molecule has 2 fully saturated rings.